The summed E-state index contributed by atoms with van der Waals surface area (Å²) in [6.07, 6.45) is 1.19. The second-order valence-electron chi connectivity index (χ2n) is 8.16. The Hall–Kier alpha value is -2.44. The molecule has 0 radical (unpaired) electrons. The molecule has 26 heavy (non-hydrogen) atoms. The third-order valence-corrected chi connectivity index (χ3v) is 5.57. The van der Waals surface area contributed by atoms with Crippen molar-refractivity contribution in [3.8, 4) is 0 Å². The Bertz CT molecular complexity index is 797. The molecule has 0 spiro atoms. The van der Waals surface area contributed by atoms with E-state index in [0.717, 1.165) is 5.57 Å². The Morgan fingerprint density at radius 3 is 2.46 bits per heavy atom. The first-order valence-corrected chi connectivity index (χ1v) is 8.47. The average Bonchev–Trinajstić information content (AvgIpc) is 2.46. The zero-order valence-corrected chi connectivity index (χ0v) is 16.0. The van der Waals surface area contributed by atoms with Crippen molar-refractivity contribution in [2.45, 2.75) is 59.5 Å². The predicted molar refractivity (Wildman–Crippen MR) is 97.6 cm³/mol. The number of hydrogen-bond acceptors (Lipinski definition) is 3. The van der Waals surface area contributed by atoms with Crippen molar-refractivity contribution >= 4 is 17.4 Å². The summed E-state index contributed by atoms with van der Waals surface area (Å²) >= 11 is 0. The topological polar surface area (TPSA) is 83.7 Å². The lowest BCUT2D eigenvalue weighted by Gasteiger charge is -2.53. The minimum atomic E-state index is -1.00. The van der Waals surface area contributed by atoms with Gasteiger partial charge in [0, 0.05) is 6.07 Å². The maximum absolute atomic E-state index is 14.2. The lowest BCUT2D eigenvalue weighted by atomic mass is 9.67. The molecule has 0 aliphatic carbocycles. The van der Waals surface area contributed by atoms with Crippen molar-refractivity contribution in [1.82, 2.24) is 4.90 Å². The van der Waals surface area contributed by atoms with Crippen LogP contribution in [0.1, 0.15) is 52.2 Å². The third-order valence-electron chi connectivity index (χ3n) is 5.57. The summed E-state index contributed by atoms with van der Waals surface area (Å²) in [5.74, 6) is -0.887. The van der Waals surface area contributed by atoms with Crippen LogP contribution in [0.15, 0.2) is 18.2 Å². The van der Waals surface area contributed by atoms with E-state index >= 15 is 0 Å². The number of carboxylic acid groups (broad SMARTS) is 1. The highest BCUT2D eigenvalue weighted by Gasteiger charge is 2.49. The predicted octanol–water partition coefficient (Wildman–Crippen LogP) is 5.00. The summed E-state index contributed by atoms with van der Waals surface area (Å²) in [4.78, 5) is 23.5. The van der Waals surface area contributed by atoms with Gasteiger partial charge in [0.25, 0.3) is 0 Å². The minimum absolute atomic E-state index is 0.369. The van der Waals surface area contributed by atoms with Crippen LogP contribution in [0.4, 0.5) is 14.9 Å². The molecule has 1 aliphatic rings. The van der Waals surface area contributed by atoms with Gasteiger partial charge in [-0.05, 0) is 55.4 Å². The number of rotatable bonds is 2. The van der Waals surface area contributed by atoms with E-state index in [1.54, 1.807) is 19.9 Å². The van der Waals surface area contributed by atoms with Crippen molar-refractivity contribution in [2.75, 3.05) is 0 Å². The maximum atomic E-state index is 14.2. The smallest absolute Gasteiger partial charge is 0.408 e. The van der Waals surface area contributed by atoms with Crippen molar-refractivity contribution in [2.24, 2.45) is 5.41 Å². The lowest BCUT2D eigenvalue weighted by molar-refractivity contribution is -0.387. The molecular weight excluding hydrogens is 339 g/mol. The van der Waals surface area contributed by atoms with E-state index < -0.39 is 34.1 Å². The van der Waals surface area contributed by atoms with Gasteiger partial charge in [0.15, 0.2) is 0 Å². The normalized spacial score (nSPS) is 23.6. The quantitative estimate of drug-likeness (QED) is 0.591. The van der Waals surface area contributed by atoms with E-state index in [4.69, 9.17) is 0 Å². The van der Waals surface area contributed by atoms with Crippen LogP contribution in [-0.2, 0) is 0 Å². The first-order valence-electron chi connectivity index (χ1n) is 8.47. The number of aryl methyl sites for hydroxylation is 1. The van der Waals surface area contributed by atoms with Crippen LogP contribution in [0.3, 0.4) is 0 Å². The van der Waals surface area contributed by atoms with Gasteiger partial charge in [0.1, 0.15) is 0 Å². The molecule has 1 heterocycles. The fourth-order valence-electron chi connectivity index (χ4n) is 3.68. The SMILES string of the molecule is Cc1cc([N+](=O)[O-])c(F)cc1C1=CC(C)N(C(=O)O)C(C)(C(C)(C)C)C1. The molecule has 0 saturated heterocycles. The molecule has 2 rings (SSSR count). The zero-order valence-electron chi connectivity index (χ0n) is 16.0. The highest BCUT2D eigenvalue weighted by Crippen LogP contribution is 2.47. The first-order chi connectivity index (χ1) is 11.8. The Morgan fingerprint density at radius 1 is 1.42 bits per heavy atom. The number of nitrogens with zero attached hydrogens (tertiary/aromatic N) is 2. The molecule has 0 saturated carbocycles. The minimum Gasteiger partial charge on any atom is -0.465 e. The Kier molecular flexibility index (Phi) is 4.87. The van der Waals surface area contributed by atoms with E-state index in [9.17, 15) is 24.4 Å². The van der Waals surface area contributed by atoms with E-state index in [1.807, 2.05) is 27.7 Å². The number of hydrogen-bond donors (Lipinski definition) is 1. The number of carbonyl (C=O) groups is 1. The second-order valence-corrected chi connectivity index (χ2v) is 8.16. The molecule has 1 aromatic rings. The Balaban J connectivity index is 2.62. The summed E-state index contributed by atoms with van der Waals surface area (Å²) in [6, 6.07) is 2.01. The van der Waals surface area contributed by atoms with E-state index in [-0.39, 0.29) is 5.41 Å². The fourth-order valence-corrected chi connectivity index (χ4v) is 3.68. The molecule has 142 valence electrons. The van der Waals surface area contributed by atoms with Gasteiger partial charge in [-0.25, -0.2) is 4.79 Å². The van der Waals surface area contributed by atoms with Crippen LogP contribution < -0.4 is 0 Å². The van der Waals surface area contributed by atoms with Crippen LogP contribution in [0.25, 0.3) is 5.57 Å². The molecule has 2 atom stereocenters. The molecule has 1 aliphatic heterocycles. The van der Waals surface area contributed by atoms with Crippen LogP contribution in [-0.4, -0.2) is 32.6 Å². The number of nitro groups is 1. The summed E-state index contributed by atoms with van der Waals surface area (Å²) in [7, 11) is 0. The third kappa shape index (κ3) is 3.18. The van der Waals surface area contributed by atoms with Gasteiger partial charge in [0.05, 0.1) is 16.5 Å². The second kappa shape index (κ2) is 6.37. The van der Waals surface area contributed by atoms with Gasteiger partial charge < -0.3 is 5.11 Å². The molecule has 0 bridgehead atoms. The fraction of sp³-hybridized carbons (Fsp3) is 0.526. The summed E-state index contributed by atoms with van der Waals surface area (Å²) in [5.41, 5.74) is 0.344. The van der Waals surface area contributed by atoms with Gasteiger partial charge in [-0.2, -0.15) is 4.39 Å². The highest BCUT2D eigenvalue weighted by atomic mass is 19.1. The van der Waals surface area contributed by atoms with Crippen molar-refractivity contribution in [1.29, 1.82) is 0 Å². The van der Waals surface area contributed by atoms with Gasteiger partial charge in [-0.3, -0.25) is 15.0 Å². The van der Waals surface area contributed by atoms with E-state index in [0.29, 0.717) is 17.5 Å². The van der Waals surface area contributed by atoms with Crippen molar-refractivity contribution in [3.05, 3.63) is 45.3 Å². The number of benzene rings is 1. The molecular formula is C19H25FN2O4. The lowest BCUT2D eigenvalue weighted by Crippen LogP contribution is -2.61. The standard InChI is InChI=1S/C19H25FN2O4/c1-11-7-16(22(25)26)15(20)9-14(11)13-8-12(2)21(17(23)24)19(6,10-13)18(3,4)5/h7-9,12H,10H2,1-6H3,(H,23,24). The van der Waals surface area contributed by atoms with Crippen LogP contribution in [0.5, 0.6) is 0 Å². The molecule has 0 aromatic heterocycles. The van der Waals surface area contributed by atoms with Gasteiger partial charge in [0.2, 0.25) is 5.82 Å². The van der Waals surface area contributed by atoms with E-state index in [1.165, 1.54) is 17.0 Å². The largest absolute Gasteiger partial charge is 0.465 e. The van der Waals surface area contributed by atoms with Crippen molar-refractivity contribution in [3.63, 3.8) is 0 Å². The molecule has 1 amide bonds. The average molecular weight is 364 g/mol. The maximum Gasteiger partial charge on any atom is 0.408 e. The number of amides is 1. The summed E-state index contributed by atoms with van der Waals surface area (Å²) < 4.78 is 14.2. The van der Waals surface area contributed by atoms with Crippen LogP contribution in [0.2, 0.25) is 0 Å². The number of halogens is 1. The summed E-state index contributed by atoms with van der Waals surface area (Å²) in [6.45, 7) is 11.3. The molecule has 6 nitrogen and oxygen atoms in total. The molecule has 0 fully saturated rings. The van der Waals surface area contributed by atoms with E-state index in [2.05, 4.69) is 0 Å². The molecule has 2 unspecified atom stereocenters. The zero-order chi connectivity index (χ0) is 20.0. The van der Waals surface area contributed by atoms with Crippen molar-refractivity contribution < 1.29 is 19.2 Å². The Labute approximate surface area is 152 Å². The van der Waals surface area contributed by atoms with Gasteiger partial charge in [-0.1, -0.05) is 26.8 Å². The highest BCUT2D eigenvalue weighted by molar-refractivity contribution is 5.76. The van der Waals surface area contributed by atoms with Crippen LogP contribution >= 0.6 is 0 Å². The monoisotopic (exact) mass is 364 g/mol. The molecule has 1 aromatic carbocycles. The summed E-state index contributed by atoms with van der Waals surface area (Å²) in [5, 5.41) is 20.7. The molecule has 7 heteroatoms. The molecule has 1 N–H and O–H groups in total. The van der Waals surface area contributed by atoms with Crippen LogP contribution in [0, 0.1) is 28.3 Å². The van der Waals surface area contributed by atoms with Gasteiger partial charge in [-0.15, -0.1) is 0 Å². The van der Waals surface area contributed by atoms with Gasteiger partial charge >= 0.3 is 11.8 Å². The first kappa shape index (κ1) is 19.9. The Morgan fingerprint density at radius 2 is 2.00 bits per heavy atom. The number of nitro benzene ring substituents is 1.